The standard InChI is InChI=1S/C22H25N7O/c1-22(2,14-23)17-13-25-19-20(26-17)29(18-9-3-4-12-30-18)27-21(19)28-11-6-7-15-16(28)8-5-10-24-15/h5,8,10,13,18H,3-4,6-7,9,11-12H2,1-2H3. The number of nitrogens with zero attached hydrogens (tertiary/aromatic N) is 7. The van der Waals surface area contributed by atoms with Crippen LogP contribution in [0.2, 0.25) is 0 Å². The molecule has 5 rings (SSSR count). The van der Waals surface area contributed by atoms with E-state index in [1.54, 1.807) is 6.20 Å². The minimum absolute atomic E-state index is 0.164. The first-order valence-corrected chi connectivity index (χ1v) is 10.6. The molecule has 5 heterocycles. The smallest absolute Gasteiger partial charge is 0.183 e. The fraction of sp³-hybridized carbons (Fsp3) is 0.500. The molecule has 0 bridgehead atoms. The molecule has 8 nitrogen and oxygen atoms in total. The van der Waals surface area contributed by atoms with Crippen LogP contribution in [0.5, 0.6) is 0 Å². The molecule has 0 N–H and O–H groups in total. The first-order chi connectivity index (χ1) is 14.6. The molecule has 0 radical (unpaired) electrons. The molecule has 3 aromatic rings. The molecule has 0 saturated carbocycles. The second kappa shape index (κ2) is 7.33. The van der Waals surface area contributed by atoms with E-state index in [2.05, 4.69) is 22.0 Å². The van der Waals surface area contributed by atoms with Gasteiger partial charge >= 0.3 is 0 Å². The maximum atomic E-state index is 9.58. The Morgan fingerprint density at radius 2 is 2.13 bits per heavy atom. The van der Waals surface area contributed by atoms with Gasteiger partial charge in [-0.3, -0.25) is 4.98 Å². The van der Waals surface area contributed by atoms with E-state index in [9.17, 15) is 5.26 Å². The van der Waals surface area contributed by atoms with E-state index in [0.29, 0.717) is 17.9 Å². The van der Waals surface area contributed by atoms with E-state index < -0.39 is 5.41 Å². The van der Waals surface area contributed by atoms with Gasteiger partial charge in [0, 0.05) is 19.3 Å². The van der Waals surface area contributed by atoms with Gasteiger partial charge in [0.15, 0.2) is 23.2 Å². The molecule has 1 atom stereocenters. The van der Waals surface area contributed by atoms with Crippen molar-refractivity contribution in [1.29, 1.82) is 5.26 Å². The lowest BCUT2D eigenvalue weighted by atomic mass is 9.92. The molecular weight excluding hydrogens is 378 g/mol. The first kappa shape index (κ1) is 18.9. The Labute approximate surface area is 175 Å². The van der Waals surface area contributed by atoms with Crippen molar-refractivity contribution in [2.75, 3.05) is 18.1 Å². The SMILES string of the molecule is CC(C)(C#N)c1cnc2c(N3CCCc4ncccc43)nn(C3CCCCO3)c2n1. The van der Waals surface area contributed by atoms with Gasteiger partial charge in [-0.25, -0.2) is 14.6 Å². The van der Waals surface area contributed by atoms with Gasteiger partial charge in [-0.15, -0.1) is 5.10 Å². The molecule has 2 aliphatic heterocycles. The summed E-state index contributed by atoms with van der Waals surface area (Å²) < 4.78 is 7.90. The monoisotopic (exact) mass is 403 g/mol. The van der Waals surface area contributed by atoms with Gasteiger partial charge in [0.2, 0.25) is 0 Å². The molecule has 154 valence electrons. The Morgan fingerprint density at radius 1 is 1.23 bits per heavy atom. The summed E-state index contributed by atoms with van der Waals surface area (Å²) in [5.41, 5.74) is 3.47. The predicted molar refractivity (Wildman–Crippen MR) is 112 cm³/mol. The summed E-state index contributed by atoms with van der Waals surface area (Å²) in [4.78, 5) is 16.3. The number of nitriles is 1. The van der Waals surface area contributed by atoms with Crippen LogP contribution < -0.4 is 4.90 Å². The number of aromatic nitrogens is 5. The van der Waals surface area contributed by atoms with Crippen molar-refractivity contribution in [1.82, 2.24) is 24.7 Å². The summed E-state index contributed by atoms with van der Waals surface area (Å²) >= 11 is 0. The zero-order valence-electron chi connectivity index (χ0n) is 17.4. The first-order valence-electron chi connectivity index (χ1n) is 10.6. The molecule has 0 amide bonds. The normalized spacial score (nSPS) is 19.5. The van der Waals surface area contributed by atoms with Crippen LogP contribution in [0.1, 0.15) is 57.1 Å². The average molecular weight is 403 g/mol. The fourth-order valence-electron chi connectivity index (χ4n) is 4.16. The zero-order chi connectivity index (χ0) is 20.7. The van der Waals surface area contributed by atoms with Gasteiger partial charge in [0.1, 0.15) is 0 Å². The Bertz CT molecular complexity index is 1120. The third-order valence-corrected chi connectivity index (χ3v) is 5.94. The summed E-state index contributed by atoms with van der Waals surface area (Å²) in [5.74, 6) is 0.780. The third kappa shape index (κ3) is 3.10. The Hall–Kier alpha value is -3.05. The van der Waals surface area contributed by atoms with Crippen molar-refractivity contribution in [2.24, 2.45) is 0 Å². The quantitative estimate of drug-likeness (QED) is 0.656. The molecule has 30 heavy (non-hydrogen) atoms. The van der Waals surface area contributed by atoms with Crippen LogP contribution in [0.15, 0.2) is 24.5 Å². The molecule has 2 aliphatic rings. The summed E-state index contributed by atoms with van der Waals surface area (Å²) in [6.07, 6.45) is 8.39. The molecule has 1 saturated heterocycles. The van der Waals surface area contributed by atoms with E-state index in [0.717, 1.165) is 61.4 Å². The van der Waals surface area contributed by atoms with E-state index in [1.807, 2.05) is 30.8 Å². The fourth-order valence-corrected chi connectivity index (χ4v) is 4.16. The average Bonchev–Trinajstić information content (AvgIpc) is 3.18. The van der Waals surface area contributed by atoms with Crippen molar-refractivity contribution in [3.8, 4) is 6.07 Å². The largest absolute Gasteiger partial charge is 0.356 e. The van der Waals surface area contributed by atoms with E-state index in [-0.39, 0.29) is 6.23 Å². The second-order valence-corrected chi connectivity index (χ2v) is 8.48. The molecule has 1 unspecified atom stereocenters. The number of anilines is 2. The van der Waals surface area contributed by atoms with Crippen LogP contribution in [-0.2, 0) is 16.6 Å². The van der Waals surface area contributed by atoms with Crippen LogP contribution in [-0.4, -0.2) is 37.9 Å². The van der Waals surface area contributed by atoms with Crippen LogP contribution in [0.25, 0.3) is 11.2 Å². The van der Waals surface area contributed by atoms with E-state index in [1.165, 1.54) is 0 Å². The maximum Gasteiger partial charge on any atom is 0.183 e. The van der Waals surface area contributed by atoms with Crippen molar-refractivity contribution in [3.05, 3.63) is 35.9 Å². The number of ether oxygens (including phenoxy) is 1. The molecule has 0 spiro atoms. The molecular formula is C22H25N7O. The van der Waals surface area contributed by atoms with Gasteiger partial charge in [0.25, 0.3) is 0 Å². The Morgan fingerprint density at radius 3 is 2.93 bits per heavy atom. The van der Waals surface area contributed by atoms with Crippen LogP contribution >= 0.6 is 0 Å². The highest BCUT2D eigenvalue weighted by Gasteiger charge is 2.30. The number of hydrogen-bond acceptors (Lipinski definition) is 7. The van der Waals surface area contributed by atoms with Crippen LogP contribution in [0.3, 0.4) is 0 Å². The van der Waals surface area contributed by atoms with Crippen LogP contribution in [0, 0.1) is 11.3 Å². The number of aryl methyl sites for hydroxylation is 1. The third-order valence-electron chi connectivity index (χ3n) is 5.94. The minimum Gasteiger partial charge on any atom is -0.356 e. The number of hydrogen-bond donors (Lipinski definition) is 0. The minimum atomic E-state index is -0.731. The highest BCUT2D eigenvalue weighted by Crippen LogP contribution is 2.37. The zero-order valence-corrected chi connectivity index (χ0v) is 17.4. The molecule has 8 heteroatoms. The van der Waals surface area contributed by atoms with Crippen molar-refractivity contribution in [3.63, 3.8) is 0 Å². The Kier molecular flexibility index (Phi) is 4.63. The van der Waals surface area contributed by atoms with Crippen molar-refractivity contribution < 1.29 is 4.74 Å². The van der Waals surface area contributed by atoms with E-state index >= 15 is 0 Å². The number of pyridine rings is 1. The predicted octanol–water partition coefficient (Wildman–Crippen LogP) is 3.81. The lowest BCUT2D eigenvalue weighted by Gasteiger charge is -2.28. The number of fused-ring (bicyclic) bond motifs is 2. The molecule has 0 aliphatic carbocycles. The van der Waals surface area contributed by atoms with Gasteiger partial charge in [-0.05, 0) is 58.1 Å². The Balaban J connectivity index is 1.69. The van der Waals surface area contributed by atoms with Crippen molar-refractivity contribution in [2.45, 2.75) is 57.6 Å². The maximum absolute atomic E-state index is 9.58. The molecule has 0 aromatic carbocycles. The summed E-state index contributed by atoms with van der Waals surface area (Å²) in [7, 11) is 0. The summed E-state index contributed by atoms with van der Waals surface area (Å²) in [6, 6.07) is 6.37. The molecule has 3 aromatic heterocycles. The number of rotatable bonds is 3. The highest BCUT2D eigenvalue weighted by molar-refractivity contribution is 5.87. The van der Waals surface area contributed by atoms with Crippen LogP contribution in [0.4, 0.5) is 11.5 Å². The molecule has 1 fully saturated rings. The van der Waals surface area contributed by atoms with Gasteiger partial charge in [-0.2, -0.15) is 5.26 Å². The summed E-state index contributed by atoms with van der Waals surface area (Å²) in [6.45, 7) is 5.28. The topological polar surface area (TPSA) is 92.8 Å². The van der Waals surface area contributed by atoms with Gasteiger partial charge in [-0.1, -0.05) is 0 Å². The highest BCUT2D eigenvalue weighted by atomic mass is 16.5. The summed E-state index contributed by atoms with van der Waals surface area (Å²) in [5, 5.41) is 14.5. The lowest BCUT2D eigenvalue weighted by Crippen LogP contribution is -2.26. The van der Waals surface area contributed by atoms with Crippen molar-refractivity contribution >= 4 is 22.7 Å². The van der Waals surface area contributed by atoms with E-state index in [4.69, 9.17) is 19.8 Å². The van der Waals surface area contributed by atoms with Gasteiger partial charge in [0.05, 0.1) is 34.8 Å². The van der Waals surface area contributed by atoms with Gasteiger partial charge < -0.3 is 9.64 Å². The second-order valence-electron chi connectivity index (χ2n) is 8.48. The lowest BCUT2D eigenvalue weighted by molar-refractivity contribution is -0.0369.